The van der Waals surface area contributed by atoms with Crippen LogP contribution in [0.15, 0.2) is 34.9 Å². The quantitative estimate of drug-likeness (QED) is 0.919. The molecule has 0 saturated heterocycles. The first-order valence-corrected chi connectivity index (χ1v) is 7.49. The number of nitrogens with zero attached hydrogens (tertiary/aromatic N) is 3. The SMILES string of the molecule is CC(N)Cc1cc(Br)ccc1-n1ccc(C(=O)N(C)C)n1. The molecule has 0 fully saturated rings. The summed E-state index contributed by atoms with van der Waals surface area (Å²) < 4.78 is 2.72. The second-order valence-corrected chi connectivity index (χ2v) is 6.22. The van der Waals surface area contributed by atoms with Crippen LogP contribution in [0.1, 0.15) is 23.0 Å². The van der Waals surface area contributed by atoms with E-state index in [9.17, 15) is 4.79 Å². The third-order valence-electron chi connectivity index (χ3n) is 3.04. The minimum atomic E-state index is -0.111. The van der Waals surface area contributed by atoms with Crippen LogP contribution in [0.5, 0.6) is 0 Å². The van der Waals surface area contributed by atoms with Gasteiger partial charge in [0.05, 0.1) is 5.69 Å². The first-order valence-electron chi connectivity index (χ1n) is 6.70. The Hall–Kier alpha value is -1.66. The van der Waals surface area contributed by atoms with Gasteiger partial charge in [0.15, 0.2) is 5.69 Å². The van der Waals surface area contributed by atoms with Gasteiger partial charge < -0.3 is 10.6 Å². The molecule has 0 radical (unpaired) electrons. The molecule has 0 aliphatic heterocycles. The molecule has 0 aliphatic carbocycles. The predicted octanol–water partition coefficient (Wildman–Crippen LogP) is 2.23. The number of amides is 1. The Morgan fingerprint density at radius 2 is 2.14 bits per heavy atom. The van der Waals surface area contributed by atoms with E-state index in [1.165, 1.54) is 4.90 Å². The number of halogens is 1. The predicted molar refractivity (Wildman–Crippen MR) is 86.6 cm³/mol. The fourth-order valence-corrected chi connectivity index (χ4v) is 2.50. The van der Waals surface area contributed by atoms with Crippen LogP contribution in [0.4, 0.5) is 0 Å². The summed E-state index contributed by atoms with van der Waals surface area (Å²) in [5, 5.41) is 4.37. The number of hydrogen-bond donors (Lipinski definition) is 1. The lowest BCUT2D eigenvalue weighted by Gasteiger charge is -2.12. The van der Waals surface area contributed by atoms with Crippen LogP contribution < -0.4 is 5.73 Å². The molecule has 0 aliphatic rings. The highest BCUT2D eigenvalue weighted by atomic mass is 79.9. The van der Waals surface area contributed by atoms with E-state index in [1.54, 1.807) is 31.0 Å². The number of nitrogens with two attached hydrogens (primary N) is 1. The number of aromatic nitrogens is 2. The van der Waals surface area contributed by atoms with Crippen LogP contribution in [-0.2, 0) is 6.42 Å². The van der Waals surface area contributed by atoms with Crippen LogP contribution >= 0.6 is 15.9 Å². The van der Waals surface area contributed by atoms with Crippen molar-refractivity contribution >= 4 is 21.8 Å². The van der Waals surface area contributed by atoms with E-state index in [1.807, 2.05) is 25.1 Å². The Morgan fingerprint density at radius 3 is 2.76 bits per heavy atom. The van der Waals surface area contributed by atoms with Crippen molar-refractivity contribution in [2.24, 2.45) is 5.73 Å². The Morgan fingerprint density at radius 1 is 1.43 bits per heavy atom. The molecule has 0 bridgehead atoms. The molecule has 112 valence electrons. The maximum Gasteiger partial charge on any atom is 0.273 e. The minimum Gasteiger partial charge on any atom is -0.343 e. The van der Waals surface area contributed by atoms with Gasteiger partial charge >= 0.3 is 0 Å². The van der Waals surface area contributed by atoms with E-state index in [-0.39, 0.29) is 11.9 Å². The zero-order valence-corrected chi connectivity index (χ0v) is 14.0. The molecule has 5 nitrogen and oxygen atoms in total. The Kier molecular flexibility index (Phi) is 4.80. The minimum absolute atomic E-state index is 0.0523. The summed E-state index contributed by atoms with van der Waals surface area (Å²) in [5.41, 5.74) is 8.36. The van der Waals surface area contributed by atoms with Gasteiger partial charge in [-0.3, -0.25) is 4.79 Å². The summed E-state index contributed by atoms with van der Waals surface area (Å²) in [5.74, 6) is -0.111. The molecule has 21 heavy (non-hydrogen) atoms. The van der Waals surface area contributed by atoms with E-state index in [2.05, 4.69) is 21.0 Å². The van der Waals surface area contributed by atoms with Crippen molar-refractivity contribution in [1.29, 1.82) is 0 Å². The highest BCUT2D eigenvalue weighted by Gasteiger charge is 2.14. The first kappa shape index (κ1) is 15.7. The van der Waals surface area contributed by atoms with Gasteiger partial charge in [-0.25, -0.2) is 4.68 Å². The molecule has 2 rings (SSSR count). The summed E-state index contributed by atoms with van der Waals surface area (Å²) >= 11 is 3.48. The Bertz CT molecular complexity index is 649. The first-order chi connectivity index (χ1) is 9.88. The largest absolute Gasteiger partial charge is 0.343 e. The van der Waals surface area contributed by atoms with Gasteiger partial charge in [0.1, 0.15) is 0 Å². The van der Waals surface area contributed by atoms with Crippen molar-refractivity contribution < 1.29 is 4.79 Å². The monoisotopic (exact) mass is 350 g/mol. The molecule has 1 aromatic carbocycles. The summed E-state index contributed by atoms with van der Waals surface area (Å²) in [7, 11) is 3.42. The molecule has 1 unspecified atom stereocenters. The highest BCUT2D eigenvalue weighted by Crippen LogP contribution is 2.21. The Balaban J connectivity index is 2.40. The van der Waals surface area contributed by atoms with E-state index < -0.39 is 0 Å². The van der Waals surface area contributed by atoms with Gasteiger partial charge in [0.25, 0.3) is 5.91 Å². The van der Waals surface area contributed by atoms with Gasteiger partial charge in [-0.2, -0.15) is 5.10 Å². The topological polar surface area (TPSA) is 64.2 Å². The molecule has 0 saturated carbocycles. The fourth-order valence-electron chi connectivity index (χ4n) is 2.09. The number of hydrogen-bond acceptors (Lipinski definition) is 3. The van der Waals surface area contributed by atoms with Gasteiger partial charge in [-0.1, -0.05) is 15.9 Å². The standard InChI is InChI=1S/C15H19BrN4O/c1-10(17)8-11-9-12(16)4-5-14(11)20-7-6-13(18-20)15(21)19(2)3/h4-7,9-10H,8,17H2,1-3H3. The smallest absolute Gasteiger partial charge is 0.273 e. The van der Waals surface area contributed by atoms with Crippen molar-refractivity contribution in [2.45, 2.75) is 19.4 Å². The Labute approximate surface area is 132 Å². The van der Waals surface area contributed by atoms with Crippen molar-refractivity contribution in [2.75, 3.05) is 14.1 Å². The average molecular weight is 351 g/mol. The average Bonchev–Trinajstić information content (AvgIpc) is 2.86. The fraction of sp³-hybridized carbons (Fsp3) is 0.333. The molecule has 1 atom stereocenters. The molecular formula is C15H19BrN4O. The molecule has 1 aromatic heterocycles. The van der Waals surface area contributed by atoms with Crippen LogP contribution in [-0.4, -0.2) is 40.7 Å². The molecular weight excluding hydrogens is 332 g/mol. The second kappa shape index (κ2) is 6.41. The summed E-state index contributed by atoms with van der Waals surface area (Å²) in [6, 6.07) is 7.73. The number of rotatable bonds is 4. The second-order valence-electron chi connectivity index (χ2n) is 5.30. The number of benzene rings is 1. The number of carbonyl (C=O) groups excluding carboxylic acids is 1. The van der Waals surface area contributed by atoms with Gasteiger partial charge in [0, 0.05) is 30.8 Å². The van der Waals surface area contributed by atoms with Gasteiger partial charge in [-0.05, 0) is 43.2 Å². The molecule has 1 amide bonds. The van der Waals surface area contributed by atoms with E-state index in [0.717, 1.165) is 22.1 Å². The summed E-state index contributed by atoms with van der Waals surface area (Å²) in [6.45, 7) is 1.97. The van der Waals surface area contributed by atoms with Crippen LogP contribution in [0, 0.1) is 0 Å². The van der Waals surface area contributed by atoms with Crippen LogP contribution in [0.25, 0.3) is 5.69 Å². The lowest BCUT2D eigenvalue weighted by molar-refractivity contribution is 0.0821. The lowest BCUT2D eigenvalue weighted by Crippen LogP contribution is -2.22. The molecule has 2 aromatic rings. The highest BCUT2D eigenvalue weighted by molar-refractivity contribution is 9.10. The summed E-state index contributed by atoms with van der Waals surface area (Å²) in [4.78, 5) is 13.4. The molecule has 0 spiro atoms. The zero-order chi connectivity index (χ0) is 15.6. The van der Waals surface area contributed by atoms with Crippen molar-refractivity contribution in [3.8, 4) is 5.69 Å². The van der Waals surface area contributed by atoms with Crippen LogP contribution in [0.3, 0.4) is 0 Å². The van der Waals surface area contributed by atoms with Crippen LogP contribution in [0.2, 0.25) is 0 Å². The van der Waals surface area contributed by atoms with E-state index >= 15 is 0 Å². The number of carbonyl (C=O) groups is 1. The zero-order valence-electron chi connectivity index (χ0n) is 12.4. The summed E-state index contributed by atoms with van der Waals surface area (Å²) in [6.07, 6.45) is 2.54. The normalized spacial score (nSPS) is 12.2. The van der Waals surface area contributed by atoms with Gasteiger partial charge in [0.2, 0.25) is 0 Å². The van der Waals surface area contributed by atoms with Crippen molar-refractivity contribution in [3.05, 3.63) is 46.2 Å². The van der Waals surface area contributed by atoms with Gasteiger partial charge in [-0.15, -0.1) is 0 Å². The molecule has 6 heteroatoms. The third kappa shape index (κ3) is 3.71. The maximum absolute atomic E-state index is 11.9. The lowest BCUT2D eigenvalue weighted by atomic mass is 10.1. The maximum atomic E-state index is 11.9. The van der Waals surface area contributed by atoms with Crippen molar-refractivity contribution in [1.82, 2.24) is 14.7 Å². The molecule has 2 N–H and O–H groups in total. The van der Waals surface area contributed by atoms with E-state index in [0.29, 0.717) is 5.69 Å². The molecule has 1 heterocycles. The van der Waals surface area contributed by atoms with Crippen molar-refractivity contribution in [3.63, 3.8) is 0 Å². The van der Waals surface area contributed by atoms with E-state index in [4.69, 9.17) is 5.73 Å². The third-order valence-corrected chi connectivity index (χ3v) is 3.54.